The van der Waals surface area contributed by atoms with Crippen molar-refractivity contribution in [3.05, 3.63) is 95.6 Å². The zero-order valence-corrected chi connectivity index (χ0v) is 18.6. The highest BCUT2D eigenvalue weighted by Crippen LogP contribution is 2.29. The molecule has 1 fully saturated rings. The van der Waals surface area contributed by atoms with Crippen molar-refractivity contribution >= 4 is 11.6 Å². The van der Waals surface area contributed by atoms with E-state index in [1.54, 1.807) is 12.1 Å². The molecule has 0 unspecified atom stereocenters. The summed E-state index contributed by atoms with van der Waals surface area (Å²) in [6, 6.07) is 26.8. The Balaban J connectivity index is 1.33. The molecule has 0 spiro atoms. The van der Waals surface area contributed by atoms with E-state index in [0.717, 1.165) is 31.7 Å². The summed E-state index contributed by atoms with van der Waals surface area (Å²) in [5.74, 6) is 0.0326. The van der Waals surface area contributed by atoms with Crippen LogP contribution in [-0.2, 0) is 4.79 Å². The van der Waals surface area contributed by atoms with Crippen molar-refractivity contribution in [3.63, 3.8) is 0 Å². The smallest absolute Gasteiger partial charge is 0.225 e. The summed E-state index contributed by atoms with van der Waals surface area (Å²) in [6.45, 7) is 6.42. The van der Waals surface area contributed by atoms with Crippen molar-refractivity contribution < 1.29 is 9.90 Å². The number of anilines is 1. The molecule has 3 aromatic carbocycles. The highest BCUT2D eigenvalue weighted by Gasteiger charge is 2.26. The largest absolute Gasteiger partial charge is 0.506 e. The fourth-order valence-corrected chi connectivity index (χ4v) is 4.35. The summed E-state index contributed by atoms with van der Waals surface area (Å²) in [5, 5.41) is 12.8. The second kappa shape index (κ2) is 10.4. The fourth-order valence-electron chi connectivity index (χ4n) is 4.35. The van der Waals surface area contributed by atoms with Gasteiger partial charge in [0.2, 0.25) is 5.91 Å². The van der Waals surface area contributed by atoms with Gasteiger partial charge in [0.25, 0.3) is 0 Å². The van der Waals surface area contributed by atoms with Crippen LogP contribution in [0, 0.1) is 6.92 Å². The molecule has 166 valence electrons. The molecule has 4 rings (SSSR count). The summed E-state index contributed by atoms with van der Waals surface area (Å²) in [6.07, 6.45) is 0.411. The number of piperazine rings is 1. The minimum Gasteiger partial charge on any atom is -0.506 e. The summed E-state index contributed by atoms with van der Waals surface area (Å²) < 4.78 is 0. The predicted octanol–water partition coefficient (Wildman–Crippen LogP) is 4.44. The number of nitrogens with zero attached hydrogens (tertiary/aromatic N) is 2. The van der Waals surface area contributed by atoms with Crippen LogP contribution < -0.4 is 5.32 Å². The Labute approximate surface area is 190 Å². The Morgan fingerprint density at radius 3 is 2.09 bits per heavy atom. The maximum absolute atomic E-state index is 12.4. The second-order valence-corrected chi connectivity index (χ2v) is 8.42. The molecule has 0 bridgehead atoms. The molecule has 5 heteroatoms. The van der Waals surface area contributed by atoms with Gasteiger partial charge >= 0.3 is 0 Å². The normalized spacial score (nSPS) is 15.1. The van der Waals surface area contributed by atoms with E-state index in [1.807, 2.05) is 13.0 Å². The number of phenolic OH excluding ortho intramolecular Hbond substituents is 1. The van der Waals surface area contributed by atoms with Gasteiger partial charge in [-0.15, -0.1) is 0 Å². The van der Waals surface area contributed by atoms with Gasteiger partial charge in [-0.05, 0) is 35.7 Å². The molecule has 1 aliphatic rings. The monoisotopic (exact) mass is 429 g/mol. The number of benzene rings is 3. The molecule has 0 radical (unpaired) electrons. The lowest BCUT2D eigenvalue weighted by Gasteiger charge is -2.39. The van der Waals surface area contributed by atoms with Gasteiger partial charge in [0.1, 0.15) is 5.75 Å². The average molecular weight is 430 g/mol. The number of hydrogen-bond donors (Lipinski definition) is 2. The van der Waals surface area contributed by atoms with Crippen LogP contribution in [-0.4, -0.2) is 53.5 Å². The molecule has 1 saturated heterocycles. The van der Waals surface area contributed by atoms with Gasteiger partial charge in [-0.2, -0.15) is 0 Å². The van der Waals surface area contributed by atoms with Crippen molar-refractivity contribution in [2.24, 2.45) is 0 Å². The van der Waals surface area contributed by atoms with Crippen LogP contribution in [0.15, 0.2) is 78.9 Å². The van der Waals surface area contributed by atoms with Crippen molar-refractivity contribution in [2.45, 2.75) is 19.4 Å². The molecule has 0 saturated carbocycles. The average Bonchev–Trinajstić information content (AvgIpc) is 2.82. The molecule has 0 atom stereocenters. The lowest BCUT2D eigenvalue weighted by atomic mass is 9.96. The van der Waals surface area contributed by atoms with E-state index < -0.39 is 0 Å². The zero-order valence-electron chi connectivity index (χ0n) is 18.6. The summed E-state index contributed by atoms with van der Waals surface area (Å²) in [4.78, 5) is 17.3. The fraction of sp³-hybridized carbons (Fsp3) is 0.296. The highest BCUT2D eigenvalue weighted by molar-refractivity contribution is 5.92. The zero-order chi connectivity index (χ0) is 22.3. The quantitative estimate of drug-likeness (QED) is 0.546. The summed E-state index contributed by atoms with van der Waals surface area (Å²) in [5.41, 5.74) is 4.10. The molecule has 1 heterocycles. The minimum absolute atomic E-state index is 0.0697. The molecule has 0 aliphatic carbocycles. The van der Waals surface area contributed by atoms with E-state index in [9.17, 15) is 9.90 Å². The summed E-state index contributed by atoms with van der Waals surface area (Å²) in [7, 11) is 0. The lowest BCUT2D eigenvalue weighted by molar-refractivity contribution is -0.116. The maximum Gasteiger partial charge on any atom is 0.225 e. The van der Waals surface area contributed by atoms with Crippen LogP contribution in [0.25, 0.3) is 0 Å². The summed E-state index contributed by atoms with van der Waals surface area (Å²) >= 11 is 0. The SMILES string of the molecule is Cc1ccc(O)c(NC(=O)CCN2CCN(C(c3ccccc3)c3ccccc3)CC2)c1. The Bertz CT molecular complexity index is 976. The predicted molar refractivity (Wildman–Crippen MR) is 129 cm³/mol. The number of carbonyl (C=O) groups is 1. The van der Waals surface area contributed by atoms with E-state index in [1.165, 1.54) is 11.1 Å². The molecule has 0 aromatic heterocycles. The Morgan fingerprint density at radius 1 is 0.906 bits per heavy atom. The molecule has 3 aromatic rings. The van der Waals surface area contributed by atoms with Gasteiger partial charge in [0, 0.05) is 39.1 Å². The Morgan fingerprint density at radius 2 is 1.50 bits per heavy atom. The van der Waals surface area contributed by atoms with Gasteiger partial charge < -0.3 is 15.3 Å². The number of aromatic hydroxyl groups is 1. The van der Waals surface area contributed by atoms with Crippen LogP contribution in [0.4, 0.5) is 5.69 Å². The van der Waals surface area contributed by atoms with Gasteiger partial charge in [-0.1, -0.05) is 66.7 Å². The molecular weight excluding hydrogens is 398 g/mol. The van der Waals surface area contributed by atoms with E-state index in [-0.39, 0.29) is 17.7 Å². The number of phenols is 1. The lowest BCUT2D eigenvalue weighted by Crippen LogP contribution is -2.48. The Kier molecular flexibility index (Phi) is 7.20. The van der Waals surface area contributed by atoms with E-state index in [0.29, 0.717) is 18.7 Å². The minimum atomic E-state index is -0.0697. The first-order valence-corrected chi connectivity index (χ1v) is 11.3. The molecule has 2 N–H and O–H groups in total. The van der Waals surface area contributed by atoms with E-state index in [2.05, 4.69) is 75.8 Å². The highest BCUT2D eigenvalue weighted by atomic mass is 16.3. The van der Waals surface area contributed by atoms with Crippen LogP contribution in [0.5, 0.6) is 5.75 Å². The maximum atomic E-state index is 12.4. The molecule has 5 nitrogen and oxygen atoms in total. The van der Waals surface area contributed by atoms with Crippen molar-refractivity contribution in [2.75, 3.05) is 38.0 Å². The first-order chi connectivity index (χ1) is 15.6. The number of nitrogens with one attached hydrogen (secondary N) is 1. The molecular formula is C27H31N3O2. The number of rotatable bonds is 7. The van der Waals surface area contributed by atoms with Crippen molar-refractivity contribution in [1.29, 1.82) is 0 Å². The number of aryl methyl sites for hydroxylation is 1. The third kappa shape index (κ3) is 5.55. The standard InChI is InChI=1S/C27H31N3O2/c1-21-12-13-25(31)24(20-21)28-26(32)14-15-29-16-18-30(19-17-29)27(22-8-4-2-5-9-22)23-10-6-3-7-11-23/h2-13,20,27,31H,14-19H2,1H3,(H,28,32). The van der Waals surface area contributed by atoms with Gasteiger partial charge in [-0.3, -0.25) is 9.69 Å². The van der Waals surface area contributed by atoms with Gasteiger partial charge in [0.15, 0.2) is 0 Å². The van der Waals surface area contributed by atoms with Gasteiger partial charge in [-0.25, -0.2) is 0 Å². The third-order valence-corrected chi connectivity index (χ3v) is 6.08. The number of hydrogen-bond acceptors (Lipinski definition) is 4. The molecule has 1 aliphatic heterocycles. The van der Waals surface area contributed by atoms with Crippen LogP contribution >= 0.6 is 0 Å². The molecule has 32 heavy (non-hydrogen) atoms. The van der Waals surface area contributed by atoms with Crippen LogP contribution in [0.1, 0.15) is 29.2 Å². The molecule has 1 amide bonds. The number of amides is 1. The van der Waals surface area contributed by atoms with E-state index >= 15 is 0 Å². The van der Waals surface area contributed by atoms with Crippen molar-refractivity contribution in [3.8, 4) is 5.75 Å². The first-order valence-electron chi connectivity index (χ1n) is 11.3. The van der Waals surface area contributed by atoms with Crippen molar-refractivity contribution in [1.82, 2.24) is 9.80 Å². The topological polar surface area (TPSA) is 55.8 Å². The first kappa shape index (κ1) is 22.1. The third-order valence-electron chi connectivity index (χ3n) is 6.08. The number of carbonyl (C=O) groups excluding carboxylic acids is 1. The Hall–Kier alpha value is -3.15. The van der Waals surface area contributed by atoms with Gasteiger partial charge in [0.05, 0.1) is 11.7 Å². The van der Waals surface area contributed by atoms with Crippen LogP contribution in [0.2, 0.25) is 0 Å². The van der Waals surface area contributed by atoms with Crippen LogP contribution in [0.3, 0.4) is 0 Å². The second-order valence-electron chi connectivity index (χ2n) is 8.42. The van der Waals surface area contributed by atoms with E-state index in [4.69, 9.17) is 0 Å².